The predicted molar refractivity (Wildman–Crippen MR) is 80.7 cm³/mol. The zero-order valence-electron chi connectivity index (χ0n) is 13.9. The highest BCUT2D eigenvalue weighted by molar-refractivity contribution is 5.89. The van der Waals surface area contributed by atoms with Crippen molar-refractivity contribution in [3.8, 4) is 11.6 Å². The number of aryl methyl sites for hydroxylation is 1. The molecule has 0 radical (unpaired) electrons. The van der Waals surface area contributed by atoms with Gasteiger partial charge in [0.05, 0.1) is 25.9 Å². The Morgan fingerprint density at radius 2 is 2.00 bits per heavy atom. The van der Waals surface area contributed by atoms with Crippen LogP contribution in [0.3, 0.4) is 0 Å². The molecule has 3 rings (SSSR count). The average Bonchev–Trinajstić information content (AvgIpc) is 3.22. The van der Waals surface area contributed by atoms with Crippen molar-refractivity contribution in [3.63, 3.8) is 0 Å². The van der Waals surface area contributed by atoms with Crippen LogP contribution in [0.5, 0.6) is 11.6 Å². The van der Waals surface area contributed by atoms with Crippen LogP contribution >= 0.6 is 0 Å². The first-order valence-corrected chi connectivity index (χ1v) is 7.54. The minimum Gasteiger partial charge on any atom is -0.464 e. The standard InChI is InChI=1S/C16H15F3N2O5/c1-21-13(26-10-5-3-4-9(8-10)16(17,18)19)11(15-24-6-7-25-15)12(20-21)14(22)23-2/h3-5,8,15H,6-7H2,1-2H3. The molecule has 1 aliphatic heterocycles. The number of esters is 1. The molecule has 10 heteroatoms. The summed E-state index contributed by atoms with van der Waals surface area (Å²) in [6.07, 6.45) is -5.44. The van der Waals surface area contributed by atoms with Crippen LogP contribution in [-0.2, 0) is 27.4 Å². The maximum atomic E-state index is 12.9. The Morgan fingerprint density at radius 1 is 1.31 bits per heavy atom. The van der Waals surface area contributed by atoms with Gasteiger partial charge >= 0.3 is 12.1 Å². The van der Waals surface area contributed by atoms with Gasteiger partial charge in [0.25, 0.3) is 0 Å². The van der Waals surface area contributed by atoms with Crippen LogP contribution in [0.15, 0.2) is 24.3 Å². The van der Waals surface area contributed by atoms with Gasteiger partial charge in [0.1, 0.15) is 11.3 Å². The van der Waals surface area contributed by atoms with Crippen LogP contribution in [0.25, 0.3) is 0 Å². The van der Waals surface area contributed by atoms with Crippen molar-refractivity contribution in [2.45, 2.75) is 12.5 Å². The number of rotatable bonds is 4. The molecule has 1 aromatic carbocycles. The topological polar surface area (TPSA) is 71.8 Å². The molecular weight excluding hydrogens is 357 g/mol. The van der Waals surface area contributed by atoms with Crippen molar-refractivity contribution >= 4 is 5.97 Å². The fraction of sp³-hybridized carbons (Fsp3) is 0.375. The number of carbonyl (C=O) groups excluding carboxylic acids is 1. The molecule has 26 heavy (non-hydrogen) atoms. The third kappa shape index (κ3) is 3.51. The summed E-state index contributed by atoms with van der Waals surface area (Å²) in [6, 6.07) is 4.36. The maximum Gasteiger partial charge on any atom is 0.416 e. The number of methoxy groups -OCH3 is 1. The molecule has 0 N–H and O–H groups in total. The molecule has 0 saturated carbocycles. The summed E-state index contributed by atoms with van der Waals surface area (Å²) in [6.45, 7) is 0.590. The van der Waals surface area contributed by atoms with Crippen LogP contribution in [-0.4, -0.2) is 36.1 Å². The second-order valence-electron chi connectivity index (χ2n) is 5.38. The second-order valence-corrected chi connectivity index (χ2v) is 5.38. The first kappa shape index (κ1) is 18.2. The largest absolute Gasteiger partial charge is 0.464 e. The Labute approximate surface area is 146 Å². The molecule has 1 fully saturated rings. The first-order chi connectivity index (χ1) is 12.3. The Morgan fingerprint density at radius 3 is 2.62 bits per heavy atom. The molecule has 2 aromatic rings. The number of carbonyl (C=O) groups is 1. The van der Waals surface area contributed by atoms with Crippen LogP contribution < -0.4 is 4.74 Å². The molecule has 0 atom stereocenters. The lowest BCUT2D eigenvalue weighted by Crippen LogP contribution is -2.09. The van der Waals surface area contributed by atoms with Crippen LogP contribution in [0.1, 0.15) is 27.9 Å². The number of aromatic nitrogens is 2. The lowest BCUT2D eigenvalue weighted by atomic mass is 10.2. The average molecular weight is 372 g/mol. The number of hydrogen-bond donors (Lipinski definition) is 0. The molecule has 0 aliphatic carbocycles. The van der Waals surface area contributed by atoms with Gasteiger partial charge in [-0.1, -0.05) is 6.07 Å². The van der Waals surface area contributed by atoms with Crippen LogP contribution in [0, 0.1) is 0 Å². The number of nitrogens with zero attached hydrogens (tertiary/aromatic N) is 2. The molecule has 0 unspecified atom stereocenters. The third-order valence-corrected chi connectivity index (χ3v) is 3.64. The number of alkyl halides is 3. The smallest absolute Gasteiger partial charge is 0.416 e. The summed E-state index contributed by atoms with van der Waals surface area (Å²) in [5.74, 6) is -0.788. The molecule has 1 saturated heterocycles. The van der Waals surface area contributed by atoms with Crippen LogP contribution in [0.4, 0.5) is 13.2 Å². The van der Waals surface area contributed by atoms with Gasteiger partial charge < -0.3 is 18.9 Å². The van der Waals surface area contributed by atoms with E-state index in [2.05, 4.69) is 9.84 Å². The number of benzene rings is 1. The number of hydrogen-bond acceptors (Lipinski definition) is 6. The SMILES string of the molecule is COC(=O)c1nn(C)c(Oc2cccc(C(F)(F)F)c2)c1C1OCCO1. The van der Waals surface area contributed by atoms with Crippen molar-refractivity contribution in [2.75, 3.05) is 20.3 Å². The monoisotopic (exact) mass is 372 g/mol. The highest BCUT2D eigenvalue weighted by atomic mass is 19.4. The Balaban J connectivity index is 2.02. The van der Waals surface area contributed by atoms with E-state index in [0.29, 0.717) is 13.2 Å². The fourth-order valence-corrected chi connectivity index (χ4v) is 2.48. The summed E-state index contributed by atoms with van der Waals surface area (Å²) in [5, 5.41) is 4.03. The fourth-order valence-electron chi connectivity index (χ4n) is 2.48. The molecule has 1 aromatic heterocycles. The number of ether oxygens (including phenoxy) is 4. The second kappa shape index (κ2) is 6.96. The van der Waals surface area contributed by atoms with Crippen molar-refractivity contribution in [1.29, 1.82) is 0 Å². The van der Waals surface area contributed by atoms with E-state index in [1.54, 1.807) is 0 Å². The van der Waals surface area contributed by atoms with E-state index in [4.69, 9.17) is 14.2 Å². The molecule has 1 aliphatic rings. The third-order valence-electron chi connectivity index (χ3n) is 3.64. The van der Waals surface area contributed by atoms with Gasteiger partial charge in [-0.2, -0.15) is 18.3 Å². The molecule has 2 heterocycles. The molecule has 0 bridgehead atoms. The van der Waals surface area contributed by atoms with Gasteiger partial charge in [-0.25, -0.2) is 9.48 Å². The minimum atomic E-state index is -4.51. The zero-order valence-corrected chi connectivity index (χ0v) is 13.9. The van der Waals surface area contributed by atoms with Gasteiger partial charge in [-0.3, -0.25) is 0 Å². The highest BCUT2D eigenvalue weighted by Gasteiger charge is 2.34. The van der Waals surface area contributed by atoms with Crippen molar-refractivity contribution < 1.29 is 36.9 Å². The van der Waals surface area contributed by atoms with Crippen molar-refractivity contribution in [2.24, 2.45) is 7.05 Å². The Kier molecular flexibility index (Phi) is 4.88. The Hall–Kier alpha value is -2.59. The predicted octanol–water partition coefficient (Wildman–Crippen LogP) is 3.06. The number of halogens is 3. The van der Waals surface area contributed by atoms with Crippen molar-refractivity contribution in [1.82, 2.24) is 9.78 Å². The molecule has 0 spiro atoms. The van der Waals surface area contributed by atoms with Gasteiger partial charge in [0, 0.05) is 7.05 Å². The normalized spacial score (nSPS) is 15.3. The Bertz CT molecular complexity index is 813. The van der Waals surface area contributed by atoms with E-state index >= 15 is 0 Å². The quantitative estimate of drug-likeness (QED) is 0.769. The highest BCUT2D eigenvalue weighted by Crippen LogP contribution is 2.38. The van der Waals surface area contributed by atoms with Crippen LogP contribution in [0.2, 0.25) is 0 Å². The van der Waals surface area contributed by atoms with E-state index in [-0.39, 0.29) is 22.9 Å². The zero-order chi connectivity index (χ0) is 18.9. The van der Waals surface area contributed by atoms with Crippen molar-refractivity contribution in [3.05, 3.63) is 41.1 Å². The summed E-state index contributed by atoms with van der Waals surface area (Å²) in [4.78, 5) is 12.0. The van der Waals surface area contributed by atoms with Gasteiger partial charge in [-0.05, 0) is 18.2 Å². The lowest BCUT2D eigenvalue weighted by Gasteiger charge is -2.14. The van der Waals surface area contributed by atoms with E-state index in [1.165, 1.54) is 31.0 Å². The summed E-state index contributed by atoms with van der Waals surface area (Å²) < 4.78 is 61.0. The van der Waals surface area contributed by atoms with E-state index in [9.17, 15) is 18.0 Å². The van der Waals surface area contributed by atoms with E-state index in [0.717, 1.165) is 12.1 Å². The molecule has 0 amide bonds. The minimum absolute atomic E-state index is 0.0247. The lowest BCUT2D eigenvalue weighted by molar-refractivity contribution is -0.137. The van der Waals surface area contributed by atoms with Gasteiger partial charge in [-0.15, -0.1) is 0 Å². The van der Waals surface area contributed by atoms with E-state index < -0.39 is 24.0 Å². The first-order valence-electron chi connectivity index (χ1n) is 7.54. The molecule has 7 nitrogen and oxygen atoms in total. The summed E-state index contributed by atoms with van der Waals surface area (Å²) in [7, 11) is 2.67. The van der Waals surface area contributed by atoms with Gasteiger partial charge in [0.2, 0.25) is 5.88 Å². The summed E-state index contributed by atoms with van der Waals surface area (Å²) >= 11 is 0. The van der Waals surface area contributed by atoms with Gasteiger partial charge in [0.15, 0.2) is 12.0 Å². The maximum absolute atomic E-state index is 12.9. The van der Waals surface area contributed by atoms with E-state index in [1.807, 2.05) is 0 Å². The molecular formula is C16H15F3N2O5. The molecule has 140 valence electrons. The summed E-state index contributed by atoms with van der Waals surface area (Å²) in [5.41, 5.74) is -0.793.